The van der Waals surface area contributed by atoms with Crippen molar-refractivity contribution in [2.45, 2.75) is 31.8 Å². The molecular weight excluding hydrogens is 257 g/mol. The summed E-state index contributed by atoms with van der Waals surface area (Å²) in [6.45, 7) is 1.70. The highest BCUT2D eigenvalue weighted by atomic mass is 35.5. The molecular formula is C13H17Cl2NO. The van der Waals surface area contributed by atoms with E-state index in [4.69, 9.17) is 28.3 Å². The van der Waals surface area contributed by atoms with Crippen molar-refractivity contribution in [2.75, 3.05) is 13.2 Å². The minimum Gasteiger partial charge on any atom is -0.395 e. The van der Waals surface area contributed by atoms with Crippen LogP contribution in [0.15, 0.2) is 18.2 Å². The third-order valence-electron chi connectivity index (χ3n) is 3.37. The van der Waals surface area contributed by atoms with E-state index < -0.39 is 0 Å². The van der Waals surface area contributed by atoms with Crippen LogP contribution >= 0.6 is 23.2 Å². The van der Waals surface area contributed by atoms with Gasteiger partial charge in [0.15, 0.2) is 0 Å². The summed E-state index contributed by atoms with van der Waals surface area (Å²) in [7, 11) is 0. The van der Waals surface area contributed by atoms with Crippen LogP contribution in [-0.4, -0.2) is 29.2 Å². The van der Waals surface area contributed by atoms with Crippen LogP contribution in [-0.2, 0) is 6.54 Å². The molecule has 0 atom stereocenters. The lowest BCUT2D eigenvalue weighted by Crippen LogP contribution is -2.41. The number of hydrogen-bond acceptors (Lipinski definition) is 2. The summed E-state index contributed by atoms with van der Waals surface area (Å²) < 4.78 is 0. The summed E-state index contributed by atoms with van der Waals surface area (Å²) in [5.41, 5.74) is 1.08. The Morgan fingerprint density at radius 2 is 2.06 bits per heavy atom. The Labute approximate surface area is 112 Å². The number of hydrogen-bond donors (Lipinski definition) is 1. The van der Waals surface area contributed by atoms with E-state index in [1.807, 2.05) is 12.1 Å². The Morgan fingerprint density at radius 3 is 2.59 bits per heavy atom. The lowest BCUT2D eigenvalue weighted by atomic mass is 9.91. The average molecular weight is 274 g/mol. The third-order valence-corrected chi connectivity index (χ3v) is 3.95. The molecule has 1 fully saturated rings. The fourth-order valence-electron chi connectivity index (χ4n) is 2.14. The number of halogens is 2. The fourth-order valence-corrected chi connectivity index (χ4v) is 2.61. The van der Waals surface area contributed by atoms with Crippen LogP contribution in [0.1, 0.15) is 24.8 Å². The SMILES string of the molecule is OCCN(Cc1ccc(Cl)cc1Cl)C1CCC1. The molecule has 0 amide bonds. The summed E-state index contributed by atoms with van der Waals surface area (Å²) >= 11 is 12.0. The molecule has 0 aromatic heterocycles. The zero-order valence-electron chi connectivity index (χ0n) is 9.70. The second kappa shape index (κ2) is 6.05. The molecule has 94 valence electrons. The summed E-state index contributed by atoms with van der Waals surface area (Å²) in [6.07, 6.45) is 3.75. The van der Waals surface area contributed by atoms with Gasteiger partial charge in [-0.1, -0.05) is 35.7 Å². The molecule has 2 rings (SSSR count). The van der Waals surface area contributed by atoms with E-state index in [2.05, 4.69) is 4.90 Å². The van der Waals surface area contributed by atoms with Crippen LogP contribution in [0, 0.1) is 0 Å². The molecule has 0 radical (unpaired) electrons. The molecule has 2 nitrogen and oxygen atoms in total. The monoisotopic (exact) mass is 273 g/mol. The van der Waals surface area contributed by atoms with Gasteiger partial charge in [-0.05, 0) is 30.5 Å². The second-order valence-corrected chi connectivity index (χ2v) is 5.36. The third kappa shape index (κ3) is 3.35. The molecule has 4 heteroatoms. The predicted molar refractivity (Wildman–Crippen MR) is 71.6 cm³/mol. The Hall–Kier alpha value is -0.280. The van der Waals surface area contributed by atoms with Gasteiger partial charge in [-0.3, -0.25) is 4.90 Å². The van der Waals surface area contributed by atoms with Gasteiger partial charge in [-0.2, -0.15) is 0 Å². The molecule has 0 saturated heterocycles. The molecule has 1 aromatic rings. The highest BCUT2D eigenvalue weighted by Gasteiger charge is 2.24. The Balaban J connectivity index is 2.05. The van der Waals surface area contributed by atoms with Crippen LogP contribution in [0.3, 0.4) is 0 Å². The fraction of sp³-hybridized carbons (Fsp3) is 0.538. The maximum atomic E-state index is 9.10. The van der Waals surface area contributed by atoms with Crippen LogP contribution < -0.4 is 0 Å². The highest BCUT2D eigenvalue weighted by Crippen LogP contribution is 2.28. The van der Waals surface area contributed by atoms with Crippen molar-refractivity contribution in [1.29, 1.82) is 0 Å². The van der Waals surface area contributed by atoms with Gasteiger partial charge >= 0.3 is 0 Å². The minimum atomic E-state index is 0.196. The number of nitrogens with zero attached hydrogens (tertiary/aromatic N) is 1. The Bertz CT molecular complexity index is 380. The maximum absolute atomic E-state index is 9.10. The maximum Gasteiger partial charge on any atom is 0.0558 e. The van der Waals surface area contributed by atoms with Gasteiger partial charge in [0.25, 0.3) is 0 Å². The van der Waals surface area contributed by atoms with Gasteiger partial charge < -0.3 is 5.11 Å². The van der Waals surface area contributed by atoms with E-state index in [-0.39, 0.29) is 6.61 Å². The van der Waals surface area contributed by atoms with Gasteiger partial charge in [0.05, 0.1) is 6.61 Å². The first-order valence-electron chi connectivity index (χ1n) is 5.99. The normalized spacial score (nSPS) is 16.2. The zero-order valence-corrected chi connectivity index (χ0v) is 11.2. The first kappa shape index (κ1) is 13.2. The van der Waals surface area contributed by atoms with Gasteiger partial charge in [0.1, 0.15) is 0 Å². The number of aliphatic hydroxyl groups is 1. The van der Waals surface area contributed by atoms with Crippen molar-refractivity contribution in [3.63, 3.8) is 0 Å². The van der Waals surface area contributed by atoms with E-state index in [1.54, 1.807) is 6.07 Å². The molecule has 1 aliphatic rings. The van der Waals surface area contributed by atoms with Gasteiger partial charge in [0.2, 0.25) is 0 Å². The van der Waals surface area contributed by atoms with E-state index in [0.29, 0.717) is 22.6 Å². The number of rotatable bonds is 5. The highest BCUT2D eigenvalue weighted by molar-refractivity contribution is 6.35. The first-order valence-corrected chi connectivity index (χ1v) is 6.75. The van der Waals surface area contributed by atoms with Gasteiger partial charge in [-0.15, -0.1) is 0 Å². The van der Waals surface area contributed by atoms with Crippen molar-refractivity contribution < 1.29 is 5.11 Å². The van der Waals surface area contributed by atoms with Crippen molar-refractivity contribution in [2.24, 2.45) is 0 Å². The topological polar surface area (TPSA) is 23.5 Å². The molecule has 1 aliphatic carbocycles. The van der Waals surface area contributed by atoms with Crippen molar-refractivity contribution in [1.82, 2.24) is 4.90 Å². The van der Waals surface area contributed by atoms with Crippen molar-refractivity contribution >= 4 is 23.2 Å². The molecule has 0 bridgehead atoms. The molecule has 0 spiro atoms. The van der Waals surface area contributed by atoms with Crippen LogP contribution in [0.4, 0.5) is 0 Å². The van der Waals surface area contributed by atoms with Gasteiger partial charge in [0, 0.05) is 29.2 Å². The van der Waals surface area contributed by atoms with Crippen LogP contribution in [0.2, 0.25) is 10.0 Å². The standard InChI is InChI=1S/C13H17Cl2NO/c14-11-5-4-10(13(15)8-11)9-16(6-7-17)12-2-1-3-12/h4-5,8,12,17H,1-3,6-7,9H2. The van der Waals surface area contributed by atoms with E-state index in [9.17, 15) is 0 Å². The number of benzene rings is 1. The Morgan fingerprint density at radius 1 is 1.29 bits per heavy atom. The minimum absolute atomic E-state index is 0.196. The van der Waals surface area contributed by atoms with Crippen molar-refractivity contribution in [3.05, 3.63) is 33.8 Å². The summed E-state index contributed by atoms with van der Waals surface area (Å²) in [4.78, 5) is 2.30. The molecule has 1 N–H and O–H groups in total. The summed E-state index contributed by atoms with van der Waals surface area (Å²) in [5, 5.41) is 10.5. The first-order chi connectivity index (χ1) is 8.20. The predicted octanol–water partition coefficient (Wildman–Crippen LogP) is 3.34. The largest absolute Gasteiger partial charge is 0.395 e. The lowest BCUT2D eigenvalue weighted by molar-refractivity contribution is 0.0946. The van der Waals surface area contributed by atoms with E-state index in [1.165, 1.54) is 19.3 Å². The lowest BCUT2D eigenvalue weighted by Gasteiger charge is -2.37. The smallest absolute Gasteiger partial charge is 0.0558 e. The summed E-state index contributed by atoms with van der Waals surface area (Å²) in [6, 6.07) is 6.21. The summed E-state index contributed by atoms with van der Waals surface area (Å²) in [5.74, 6) is 0. The van der Waals surface area contributed by atoms with E-state index in [0.717, 1.165) is 12.1 Å². The quantitative estimate of drug-likeness (QED) is 0.890. The van der Waals surface area contributed by atoms with Crippen molar-refractivity contribution in [3.8, 4) is 0 Å². The molecule has 17 heavy (non-hydrogen) atoms. The Kier molecular flexibility index (Phi) is 4.69. The molecule has 0 heterocycles. The van der Waals surface area contributed by atoms with Gasteiger partial charge in [-0.25, -0.2) is 0 Å². The van der Waals surface area contributed by atoms with Crippen LogP contribution in [0.5, 0.6) is 0 Å². The number of aliphatic hydroxyl groups excluding tert-OH is 1. The zero-order chi connectivity index (χ0) is 12.3. The molecule has 0 aliphatic heterocycles. The molecule has 0 unspecified atom stereocenters. The molecule has 1 saturated carbocycles. The van der Waals surface area contributed by atoms with Crippen LogP contribution in [0.25, 0.3) is 0 Å². The molecule has 1 aromatic carbocycles. The van der Waals surface area contributed by atoms with E-state index >= 15 is 0 Å². The second-order valence-electron chi connectivity index (χ2n) is 4.51. The average Bonchev–Trinajstić information content (AvgIpc) is 2.20.